The molecule has 0 unspecified atom stereocenters. The molecule has 0 atom stereocenters. The molecule has 6 nitrogen and oxygen atoms in total. The third-order valence-electron chi connectivity index (χ3n) is 3.05. The Balaban J connectivity index is 2.03. The van der Waals surface area contributed by atoms with Crippen molar-refractivity contribution < 1.29 is 18.7 Å². The Hall–Kier alpha value is -2.63. The molecule has 0 saturated carbocycles. The van der Waals surface area contributed by atoms with Crippen LogP contribution in [0, 0.1) is 0 Å². The lowest BCUT2D eigenvalue weighted by molar-refractivity contribution is -0.126. The van der Waals surface area contributed by atoms with Gasteiger partial charge in [0.25, 0.3) is 5.91 Å². The van der Waals surface area contributed by atoms with Crippen LogP contribution in [0.3, 0.4) is 0 Å². The van der Waals surface area contributed by atoms with Gasteiger partial charge in [0, 0.05) is 11.1 Å². The number of methoxy groups -OCH3 is 1. The molecule has 0 radical (unpaired) electrons. The number of amides is 2. The van der Waals surface area contributed by atoms with Gasteiger partial charge >= 0.3 is 5.91 Å². The van der Waals surface area contributed by atoms with E-state index in [1.165, 1.54) is 7.11 Å². The van der Waals surface area contributed by atoms with Gasteiger partial charge < -0.3 is 9.15 Å². The lowest BCUT2D eigenvalue weighted by Gasteiger charge is -2.06. The van der Waals surface area contributed by atoms with Crippen LogP contribution in [0.5, 0.6) is 5.75 Å². The predicted molar refractivity (Wildman–Crippen MR) is 71.7 cm³/mol. The number of furan rings is 1. The maximum atomic E-state index is 12.2. The first-order valence-corrected chi connectivity index (χ1v) is 6.08. The summed E-state index contributed by atoms with van der Waals surface area (Å²) in [5.74, 6) is -0.310. The quantitative estimate of drug-likeness (QED) is 0.785. The normalized spacial score (nSPS) is 14.8. The summed E-state index contributed by atoms with van der Waals surface area (Å²) in [5, 5.41) is 5.50. The predicted octanol–water partition coefficient (Wildman–Crippen LogP) is 2.19. The topological polar surface area (TPSA) is 72.1 Å². The molecule has 102 valence electrons. The summed E-state index contributed by atoms with van der Waals surface area (Å²) in [7, 11) is 1.52. The number of hydrogen-bond donors (Lipinski definition) is 0. The molecule has 1 aliphatic rings. The van der Waals surface area contributed by atoms with Crippen LogP contribution in [0.25, 0.3) is 11.0 Å². The van der Waals surface area contributed by atoms with Crippen molar-refractivity contribution in [2.24, 2.45) is 5.10 Å². The maximum Gasteiger partial charge on any atom is 0.316 e. The van der Waals surface area contributed by atoms with Gasteiger partial charge in [0.2, 0.25) is 0 Å². The third kappa shape index (κ3) is 1.85. The fourth-order valence-corrected chi connectivity index (χ4v) is 2.12. The highest BCUT2D eigenvalue weighted by Crippen LogP contribution is 2.29. The van der Waals surface area contributed by atoms with Crippen LogP contribution in [0.15, 0.2) is 33.8 Å². The molecule has 3 rings (SSSR count). The van der Waals surface area contributed by atoms with E-state index in [1.54, 1.807) is 31.2 Å². The van der Waals surface area contributed by atoms with Crippen LogP contribution >= 0.6 is 0 Å². The monoisotopic (exact) mass is 272 g/mol. The van der Waals surface area contributed by atoms with Gasteiger partial charge in [-0.2, -0.15) is 10.1 Å². The number of para-hydroxylation sites is 1. The van der Waals surface area contributed by atoms with Crippen molar-refractivity contribution in [3.05, 3.63) is 30.0 Å². The average Bonchev–Trinajstić information content (AvgIpc) is 3.00. The van der Waals surface area contributed by atoms with E-state index < -0.39 is 5.91 Å². The maximum absolute atomic E-state index is 12.2. The van der Waals surface area contributed by atoms with Gasteiger partial charge in [-0.15, -0.1) is 0 Å². The molecule has 0 spiro atoms. The summed E-state index contributed by atoms with van der Waals surface area (Å²) < 4.78 is 10.7. The number of fused-ring (bicyclic) bond motifs is 1. The number of rotatable bonds is 2. The van der Waals surface area contributed by atoms with E-state index in [-0.39, 0.29) is 18.1 Å². The highest BCUT2D eigenvalue weighted by molar-refractivity contribution is 6.13. The number of nitrogens with zero attached hydrogens (tertiary/aromatic N) is 2. The zero-order chi connectivity index (χ0) is 14.3. The minimum Gasteiger partial charge on any atom is -0.493 e. The van der Waals surface area contributed by atoms with Gasteiger partial charge in [-0.3, -0.25) is 9.59 Å². The largest absolute Gasteiger partial charge is 0.493 e. The van der Waals surface area contributed by atoms with Crippen LogP contribution in [0.1, 0.15) is 23.9 Å². The average molecular weight is 272 g/mol. The van der Waals surface area contributed by atoms with E-state index in [0.29, 0.717) is 17.0 Å². The third-order valence-corrected chi connectivity index (χ3v) is 3.05. The van der Waals surface area contributed by atoms with E-state index in [1.807, 2.05) is 0 Å². The van der Waals surface area contributed by atoms with Gasteiger partial charge in [0.1, 0.15) is 0 Å². The Kier molecular flexibility index (Phi) is 2.78. The smallest absolute Gasteiger partial charge is 0.316 e. The number of carbonyl (C=O) groups is 2. The number of ether oxygens (including phenoxy) is 1. The van der Waals surface area contributed by atoms with Crippen LogP contribution in [0.4, 0.5) is 0 Å². The first-order chi connectivity index (χ1) is 9.60. The molecule has 2 aromatic rings. The minimum absolute atomic E-state index is 0.0660. The van der Waals surface area contributed by atoms with Crippen LogP contribution < -0.4 is 4.74 Å². The molecule has 2 heterocycles. The van der Waals surface area contributed by atoms with Gasteiger partial charge in [-0.05, 0) is 19.1 Å². The summed E-state index contributed by atoms with van der Waals surface area (Å²) in [5.41, 5.74) is 1.09. The Morgan fingerprint density at radius 2 is 2.25 bits per heavy atom. The Bertz CT molecular complexity index is 745. The second-order valence-electron chi connectivity index (χ2n) is 4.51. The Morgan fingerprint density at radius 3 is 2.90 bits per heavy atom. The first-order valence-electron chi connectivity index (χ1n) is 6.08. The van der Waals surface area contributed by atoms with E-state index in [9.17, 15) is 9.59 Å². The highest BCUT2D eigenvalue weighted by atomic mass is 16.5. The summed E-state index contributed by atoms with van der Waals surface area (Å²) in [6, 6.07) is 6.92. The summed E-state index contributed by atoms with van der Waals surface area (Å²) in [6.07, 6.45) is 0.162. The molecular weight excluding hydrogens is 260 g/mol. The first kappa shape index (κ1) is 12.4. The van der Waals surface area contributed by atoms with E-state index in [4.69, 9.17) is 9.15 Å². The molecule has 0 bridgehead atoms. The zero-order valence-electron chi connectivity index (χ0n) is 11.0. The number of hydrazone groups is 1. The van der Waals surface area contributed by atoms with Crippen molar-refractivity contribution in [2.75, 3.05) is 7.11 Å². The molecule has 6 heteroatoms. The van der Waals surface area contributed by atoms with Gasteiger partial charge in [-0.1, -0.05) is 12.1 Å². The summed E-state index contributed by atoms with van der Waals surface area (Å²) >= 11 is 0. The van der Waals surface area contributed by atoms with Gasteiger partial charge in [0.15, 0.2) is 17.1 Å². The van der Waals surface area contributed by atoms with Gasteiger partial charge in [0.05, 0.1) is 13.5 Å². The molecule has 0 fully saturated rings. The van der Waals surface area contributed by atoms with Crippen molar-refractivity contribution in [2.45, 2.75) is 13.3 Å². The molecule has 1 aliphatic heterocycles. The van der Waals surface area contributed by atoms with Crippen molar-refractivity contribution in [3.63, 3.8) is 0 Å². The lowest BCUT2D eigenvalue weighted by atomic mass is 10.2. The molecule has 1 aromatic carbocycles. The molecular formula is C14H12N2O4. The fraction of sp³-hybridized carbons (Fsp3) is 0.214. The Labute approximate surface area is 114 Å². The summed E-state index contributed by atoms with van der Waals surface area (Å²) in [4.78, 5) is 23.9. The van der Waals surface area contributed by atoms with E-state index >= 15 is 0 Å². The highest BCUT2D eigenvalue weighted by Gasteiger charge is 2.30. The lowest BCUT2D eigenvalue weighted by Crippen LogP contribution is -2.27. The van der Waals surface area contributed by atoms with Crippen molar-refractivity contribution in [1.29, 1.82) is 0 Å². The number of carbonyl (C=O) groups excluding carboxylic acids is 2. The minimum atomic E-state index is -0.565. The number of imide groups is 1. The fourth-order valence-electron chi connectivity index (χ4n) is 2.12. The van der Waals surface area contributed by atoms with Gasteiger partial charge in [-0.25, -0.2) is 0 Å². The van der Waals surface area contributed by atoms with Crippen LogP contribution in [-0.2, 0) is 4.79 Å². The van der Waals surface area contributed by atoms with E-state index in [0.717, 1.165) is 10.4 Å². The van der Waals surface area contributed by atoms with E-state index in [2.05, 4.69) is 5.10 Å². The van der Waals surface area contributed by atoms with Crippen molar-refractivity contribution in [3.8, 4) is 5.75 Å². The molecule has 20 heavy (non-hydrogen) atoms. The second-order valence-corrected chi connectivity index (χ2v) is 4.51. The molecule has 0 aliphatic carbocycles. The molecule has 2 amide bonds. The standard InChI is InChI=1S/C14H12N2O4/c1-8-6-12(17)16(15-8)14(18)11-7-9-4-3-5-10(19-2)13(9)20-11/h3-5,7H,6H2,1-2H3. The SMILES string of the molecule is COc1cccc2cc(C(=O)N3N=C(C)CC3=O)oc12. The number of benzene rings is 1. The molecule has 0 saturated heterocycles. The molecule has 0 N–H and O–H groups in total. The van der Waals surface area contributed by atoms with Crippen LogP contribution in [-0.4, -0.2) is 29.6 Å². The number of hydrogen-bond acceptors (Lipinski definition) is 5. The van der Waals surface area contributed by atoms with Crippen LogP contribution in [0.2, 0.25) is 0 Å². The Morgan fingerprint density at radius 1 is 1.45 bits per heavy atom. The zero-order valence-corrected chi connectivity index (χ0v) is 11.0. The van der Waals surface area contributed by atoms with Crippen molar-refractivity contribution in [1.82, 2.24) is 5.01 Å². The molecule has 1 aromatic heterocycles. The van der Waals surface area contributed by atoms with Crippen molar-refractivity contribution >= 4 is 28.5 Å². The second kappa shape index (κ2) is 4.48. The summed E-state index contributed by atoms with van der Waals surface area (Å²) in [6.45, 7) is 1.70.